The number of fused-ring (bicyclic) bond motifs is 1. The lowest BCUT2D eigenvalue weighted by Crippen LogP contribution is -2.54. The molecule has 1 aliphatic rings. The van der Waals surface area contributed by atoms with Crippen LogP contribution in [0.25, 0.3) is 22.0 Å². The number of hydrazine groups is 1. The summed E-state index contributed by atoms with van der Waals surface area (Å²) in [6.07, 6.45) is 3.36. The first-order valence-electron chi connectivity index (χ1n) is 18.2. The largest absolute Gasteiger partial charge is 0.543 e. The first-order chi connectivity index (χ1) is 24.2. The van der Waals surface area contributed by atoms with Crippen molar-refractivity contribution in [2.45, 2.75) is 124 Å². The summed E-state index contributed by atoms with van der Waals surface area (Å²) in [6.45, 7) is 22.9. The van der Waals surface area contributed by atoms with Gasteiger partial charge in [0.05, 0.1) is 3.70 Å². The number of hydrogen-bond acceptors (Lipinski definition) is 6. The van der Waals surface area contributed by atoms with Crippen molar-refractivity contribution in [3.05, 3.63) is 63.5 Å². The smallest absolute Gasteiger partial charge is 0.408 e. The molecule has 2 heterocycles. The van der Waals surface area contributed by atoms with Crippen LogP contribution in [0.1, 0.15) is 93.7 Å². The molecule has 52 heavy (non-hydrogen) atoms. The van der Waals surface area contributed by atoms with E-state index < -0.39 is 32.0 Å². The maximum Gasteiger partial charge on any atom is 0.408 e. The molecule has 1 aromatic heterocycles. The second kappa shape index (κ2) is 16.3. The van der Waals surface area contributed by atoms with E-state index in [9.17, 15) is 19.5 Å². The molecule has 3 aromatic rings. The Hall–Kier alpha value is -3.36. The topological polar surface area (TPSA) is 133 Å². The van der Waals surface area contributed by atoms with Crippen LogP contribution in [0.3, 0.4) is 0 Å². The zero-order valence-corrected chi connectivity index (χ0v) is 35.7. The number of aliphatic hydroxyl groups is 1. The van der Waals surface area contributed by atoms with E-state index >= 15 is 0 Å². The summed E-state index contributed by atoms with van der Waals surface area (Å²) in [5, 5.41) is 15.1. The summed E-state index contributed by atoms with van der Waals surface area (Å²) in [7, 11) is -2.40. The highest BCUT2D eigenvalue weighted by Gasteiger charge is 2.47. The summed E-state index contributed by atoms with van der Waals surface area (Å²) in [4.78, 5) is 42.8. The normalized spacial score (nSPS) is 14.7. The van der Waals surface area contributed by atoms with Crippen LogP contribution >= 0.6 is 22.6 Å². The lowest BCUT2D eigenvalue weighted by molar-refractivity contribution is -0.140. The van der Waals surface area contributed by atoms with Crippen molar-refractivity contribution in [3.63, 3.8) is 0 Å². The highest BCUT2D eigenvalue weighted by molar-refractivity contribution is 14.1. The molecule has 0 bridgehead atoms. The van der Waals surface area contributed by atoms with Gasteiger partial charge >= 0.3 is 6.09 Å². The molecule has 10 nitrogen and oxygen atoms in total. The molecule has 0 radical (unpaired) electrons. The number of aromatic nitrogens is 1. The fourth-order valence-corrected chi connectivity index (χ4v) is 13.3. The minimum atomic E-state index is -2.40. The Morgan fingerprint density at radius 2 is 1.63 bits per heavy atom. The molecular weight excluding hydrogens is 787 g/mol. The predicted molar refractivity (Wildman–Crippen MR) is 218 cm³/mol. The van der Waals surface area contributed by atoms with E-state index in [4.69, 9.17) is 9.16 Å². The van der Waals surface area contributed by atoms with E-state index in [0.29, 0.717) is 23.0 Å². The Morgan fingerprint density at radius 3 is 2.21 bits per heavy atom. The van der Waals surface area contributed by atoms with Crippen molar-refractivity contribution in [2.24, 2.45) is 5.41 Å². The Morgan fingerprint density at radius 1 is 0.981 bits per heavy atom. The van der Waals surface area contributed by atoms with E-state index in [1.807, 2.05) is 12.1 Å². The molecule has 0 saturated carbocycles. The van der Waals surface area contributed by atoms with E-state index in [2.05, 4.69) is 118 Å². The summed E-state index contributed by atoms with van der Waals surface area (Å²) in [5.41, 5.74) is 7.32. The van der Waals surface area contributed by atoms with Gasteiger partial charge in [-0.05, 0) is 118 Å². The number of aromatic amines is 1. The van der Waals surface area contributed by atoms with E-state index in [1.165, 1.54) is 6.20 Å². The van der Waals surface area contributed by atoms with Crippen molar-refractivity contribution in [3.8, 4) is 16.9 Å². The van der Waals surface area contributed by atoms with Gasteiger partial charge in [-0.2, -0.15) is 0 Å². The Kier molecular flexibility index (Phi) is 13.0. The average molecular weight is 845 g/mol. The van der Waals surface area contributed by atoms with Gasteiger partial charge in [-0.3, -0.25) is 15.0 Å². The third kappa shape index (κ3) is 9.78. The highest BCUT2D eigenvalue weighted by atomic mass is 127. The van der Waals surface area contributed by atoms with Gasteiger partial charge in [-0.15, -0.1) is 0 Å². The number of nitrogens with zero attached hydrogens (tertiary/aromatic N) is 1. The number of aliphatic hydroxyl groups excluding tert-OH is 1. The van der Waals surface area contributed by atoms with Crippen molar-refractivity contribution >= 4 is 59.7 Å². The highest BCUT2D eigenvalue weighted by Crippen LogP contribution is 2.44. The van der Waals surface area contributed by atoms with Gasteiger partial charge in [0, 0.05) is 36.6 Å². The lowest BCUT2D eigenvalue weighted by atomic mass is 9.86. The molecule has 4 N–H and O–H groups in total. The number of hydrogen-bond donors (Lipinski definition) is 4. The van der Waals surface area contributed by atoms with E-state index in [0.717, 1.165) is 47.6 Å². The second-order valence-corrected chi connectivity index (χ2v) is 23.2. The molecule has 0 unspecified atom stereocenters. The number of halogens is 1. The zero-order chi connectivity index (χ0) is 38.8. The fraction of sp³-hybridized carbons (Fsp3) is 0.525. The van der Waals surface area contributed by atoms with Gasteiger partial charge in [0.25, 0.3) is 14.2 Å². The number of rotatable bonds is 13. The maximum atomic E-state index is 14.0. The Bertz CT molecular complexity index is 1790. The molecule has 12 heteroatoms. The molecule has 0 aliphatic carbocycles. The first kappa shape index (κ1) is 41.4. The van der Waals surface area contributed by atoms with Gasteiger partial charge in [-0.1, -0.05) is 73.6 Å². The number of nitrogens with one attached hydrogen (secondary N) is 3. The Balaban J connectivity index is 1.88. The Labute approximate surface area is 323 Å². The number of benzene rings is 2. The van der Waals surface area contributed by atoms with Crippen molar-refractivity contribution < 1.29 is 28.7 Å². The molecule has 1 aliphatic heterocycles. The van der Waals surface area contributed by atoms with Crippen LogP contribution in [0, 0.1) is 9.12 Å². The van der Waals surface area contributed by atoms with Crippen molar-refractivity contribution in [2.75, 3.05) is 6.61 Å². The van der Waals surface area contributed by atoms with Crippen LogP contribution in [0.5, 0.6) is 5.75 Å². The van der Waals surface area contributed by atoms with E-state index in [-0.39, 0.29) is 30.8 Å². The van der Waals surface area contributed by atoms with Gasteiger partial charge in [0.15, 0.2) is 0 Å². The molecule has 4 rings (SSSR count). The number of carbonyl (C=O) groups is 3. The molecule has 3 amide bonds. The summed E-state index contributed by atoms with van der Waals surface area (Å²) in [6, 6.07) is 11.4. The molecule has 0 fully saturated rings. The SMILES string of the molecule is CC(C)[Si](Oc1cc(C[C@H](NC(=O)OC(C)(C)C)C(=O)N2C=CCC(=O)N2)cc(-c2ccc3[nH]c(I)c(CC(C)(C)CO)c3c2)c1)(C(C)C)C(C)C. The summed E-state index contributed by atoms with van der Waals surface area (Å²) < 4.78 is 13.8. The van der Waals surface area contributed by atoms with Gasteiger partial charge in [-0.25, -0.2) is 9.80 Å². The summed E-state index contributed by atoms with van der Waals surface area (Å²) in [5.74, 6) is -0.105. The van der Waals surface area contributed by atoms with Crippen LogP contribution in [0.2, 0.25) is 16.6 Å². The fourth-order valence-electron chi connectivity index (χ4n) is 7.33. The van der Waals surface area contributed by atoms with Gasteiger partial charge < -0.3 is 24.6 Å². The second-order valence-electron chi connectivity index (χ2n) is 16.7. The lowest BCUT2D eigenvalue weighted by Gasteiger charge is -2.42. The van der Waals surface area contributed by atoms with Crippen LogP contribution in [0.4, 0.5) is 4.79 Å². The summed E-state index contributed by atoms with van der Waals surface area (Å²) >= 11 is 2.33. The third-order valence-electron chi connectivity index (χ3n) is 9.71. The van der Waals surface area contributed by atoms with Crippen molar-refractivity contribution in [1.82, 2.24) is 20.7 Å². The van der Waals surface area contributed by atoms with Crippen LogP contribution < -0.4 is 15.2 Å². The molecule has 1 atom stereocenters. The maximum absolute atomic E-state index is 14.0. The van der Waals surface area contributed by atoms with Crippen molar-refractivity contribution in [1.29, 1.82) is 0 Å². The minimum Gasteiger partial charge on any atom is -0.543 e. The number of amides is 3. The van der Waals surface area contributed by atoms with Gasteiger partial charge in [0.2, 0.25) is 5.91 Å². The van der Waals surface area contributed by atoms with Gasteiger partial charge in [0.1, 0.15) is 17.4 Å². The van der Waals surface area contributed by atoms with Crippen LogP contribution in [-0.4, -0.2) is 59.6 Å². The van der Waals surface area contributed by atoms with Crippen LogP contribution in [-0.2, 0) is 27.2 Å². The van der Waals surface area contributed by atoms with E-state index in [1.54, 1.807) is 26.8 Å². The molecule has 284 valence electrons. The number of alkyl carbamates (subject to hydrolysis) is 1. The molecule has 0 saturated heterocycles. The zero-order valence-electron chi connectivity index (χ0n) is 32.6. The average Bonchev–Trinajstić information content (AvgIpc) is 3.34. The predicted octanol–water partition coefficient (Wildman–Crippen LogP) is 8.77. The quantitative estimate of drug-likeness (QED) is 0.101. The minimum absolute atomic E-state index is 0.0689. The monoisotopic (exact) mass is 844 g/mol. The van der Waals surface area contributed by atoms with Crippen LogP contribution in [0.15, 0.2) is 48.7 Å². The first-order valence-corrected chi connectivity index (χ1v) is 21.4. The number of carbonyl (C=O) groups excluding carboxylic acids is 3. The number of H-pyrrole nitrogens is 1. The molecule has 0 spiro atoms. The standard InChI is InChI=1S/C40H57IN4O6Si/c1-24(2)52(25(3)4,26(5)6)51-30-18-27(19-34(43-38(49)50-39(7,8)9)37(48)45-16-12-13-35(47)44-45)17-29(20-30)28-14-15-33-31(21-28)32(36(41)42-33)22-40(10,11)23-46/h12,14-18,20-21,24-26,34,42,46H,13,19,22-23H2,1-11H3,(H,43,49)(H,44,47)/t34-/m0/s1. The third-order valence-corrected chi connectivity index (χ3v) is 16.6. The number of ether oxygens (including phenoxy) is 1. The molecular formula is C40H57IN4O6Si. The molecule has 2 aromatic carbocycles.